The maximum absolute atomic E-state index is 12.4. The highest BCUT2D eigenvalue weighted by Gasteiger charge is 2.29. The largest absolute Gasteiger partial charge is 0.357 e. The van der Waals surface area contributed by atoms with Crippen LogP contribution in [0.2, 0.25) is 5.02 Å². The van der Waals surface area contributed by atoms with Crippen molar-refractivity contribution in [3.63, 3.8) is 0 Å². The third kappa shape index (κ3) is 1.59. The fourth-order valence-corrected chi connectivity index (χ4v) is 2.73. The van der Waals surface area contributed by atoms with E-state index in [9.17, 15) is 4.79 Å². The first-order chi connectivity index (χ1) is 8.18. The van der Waals surface area contributed by atoms with Crippen LogP contribution in [0.4, 0.5) is 0 Å². The summed E-state index contributed by atoms with van der Waals surface area (Å²) in [6, 6.07) is 5.71. The fourth-order valence-electron chi connectivity index (χ4n) is 2.50. The van der Waals surface area contributed by atoms with Gasteiger partial charge in [0.2, 0.25) is 0 Å². The van der Waals surface area contributed by atoms with Gasteiger partial charge in [-0.1, -0.05) is 30.2 Å². The molecule has 0 radical (unpaired) electrons. The van der Waals surface area contributed by atoms with E-state index < -0.39 is 0 Å². The van der Waals surface area contributed by atoms with Gasteiger partial charge in [0.1, 0.15) is 0 Å². The van der Waals surface area contributed by atoms with Crippen molar-refractivity contribution in [3.8, 4) is 0 Å². The normalized spacial score (nSPS) is 16.1. The van der Waals surface area contributed by atoms with Gasteiger partial charge in [0.25, 0.3) is 0 Å². The number of para-hydroxylation sites is 1. The Labute approximate surface area is 105 Å². The molecule has 0 atom stereocenters. The standard InChI is InChI=1S/C14H14ClNO/c1-8-12(14(17)9-4-2-5-9)10-6-3-7-11(15)13(10)16-8/h3,6-7,9,16H,2,4-5H2,1H3. The van der Waals surface area contributed by atoms with Gasteiger partial charge >= 0.3 is 0 Å². The Morgan fingerprint density at radius 3 is 2.82 bits per heavy atom. The molecule has 3 heteroatoms. The maximum Gasteiger partial charge on any atom is 0.168 e. The van der Waals surface area contributed by atoms with Crippen LogP contribution in [0.3, 0.4) is 0 Å². The number of benzene rings is 1. The van der Waals surface area contributed by atoms with E-state index in [-0.39, 0.29) is 11.7 Å². The first-order valence-electron chi connectivity index (χ1n) is 5.99. The molecule has 0 spiro atoms. The summed E-state index contributed by atoms with van der Waals surface area (Å²) < 4.78 is 0. The van der Waals surface area contributed by atoms with E-state index >= 15 is 0 Å². The SMILES string of the molecule is Cc1[nH]c2c(Cl)cccc2c1C(=O)C1CCC1. The van der Waals surface area contributed by atoms with Crippen molar-refractivity contribution in [2.24, 2.45) is 5.92 Å². The molecule has 1 aromatic heterocycles. The lowest BCUT2D eigenvalue weighted by molar-refractivity contribution is 0.0856. The average molecular weight is 248 g/mol. The van der Waals surface area contributed by atoms with Crippen molar-refractivity contribution in [2.45, 2.75) is 26.2 Å². The van der Waals surface area contributed by atoms with Gasteiger partial charge in [0.05, 0.1) is 10.5 Å². The predicted octanol–water partition coefficient (Wildman–Crippen LogP) is 4.11. The molecule has 0 saturated heterocycles. The Morgan fingerprint density at radius 1 is 1.41 bits per heavy atom. The number of aromatic amines is 1. The van der Waals surface area contributed by atoms with E-state index in [2.05, 4.69) is 4.98 Å². The smallest absolute Gasteiger partial charge is 0.168 e. The van der Waals surface area contributed by atoms with E-state index in [4.69, 9.17) is 11.6 Å². The number of hydrogen-bond acceptors (Lipinski definition) is 1. The summed E-state index contributed by atoms with van der Waals surface area (Å²) in [5, 5.41) is 1.64. The summed E-state index contributed by atoms with van der Waals surface area (Å²) in [5.41, 5.74) is 2.66. The van der Waals surface area contributed by atoms with Crippen LogP contribution in [0.15, 0.2) is 18.2 Å². The molecule has 3 rings (SSSR count). The van der Waals surface area contributed by atoms with Gasteiger partial charge in [-0.3, -0.25) is 4.79 Å². The number of nitrogens with one attached hydrogen (secondary N) is 1. The molecule has 2 aromatic rings. The molecule has 1 aromatic carbocycles. The minimum Gasteiger partial charge on any atom is -0.357 e. The van der Waals surface area contributed by atoms with Crippen LogP contribution in [-0.4, -0.2) is 10.8 Å². The molecule has 17 heavy (non-hydrogen) atoms. The van der Waals surface area contributed by atoms with Crippen LogP contribution in [-0.2, 0) is 0 Å². The van der Waals surface area contributed by atoms with Crippen molar-refractivity contribution >= 4 is 28.3 Å². The zero-order valence-electron chi connectivity index (χ0n) is 9.72. The molecule has 2 nitrogen and oxygen atoms in total. The van der Waals surface area contributed by atoms with Gasteiger partial charge in [0.15, 0.2) is 5.78 Å². The Bertz CT molecular complexity index is 596. The molecule has 0 amide bonds. The number of hydrogen-bond donors (Lipinski definition) is 1. The van der Waals surface area contributed by atoms with Gasteiger partial charge in [0, 0.05) is 22.6 Å². The number of rotatable bonds is 2. The quantitative estimate of drug-likeness (QED) is 0.796. The molecular weight excluding hydrogens is 234 g/mol. The Hall–Kier alpha value is -1.28. The second kappa shape index (κ2) is 3.88. The lowest BCUT2D eigenvalue weighted by atomic mass is 9.79. The topological polar surface area (TPSA) is 32.9 Å². The highest BCUT2D eigenvalue weighted by atomic mass is 35.5. The monoisotopic (exact) mass is 247 g/mol. The molecule has 0 aliphatic heterocycles. The lowest BCUT2D eigenvalue weighted by Gasteiger charge is -2.23. The van der Waals surface area contributed by atoms with E-state index in [0.717, 1.165) is 35.0 Å². The van der Waals surface area contributed by atoms with Gasteiger partial charge in [-0.25, -0.2) is 0 Å². The summed E-state index contributed by atoms with van der Waals surface area (Å²) in [7, 11) is 0. The Morgan fingerprint density at radius 2 is 2.18 bits per heavy atom. The third-order valence-corrected chi connectivity index (χ3v) is 4.01. The molecule has 1 N–H and O–H groups in total. The molecule has 0 bridgehead atoms. The summed E-state index contributed by atoms with van der Waals surface area (Å²) >= 11 is 6.13. The third-order valence-electron chi connectivity index (χ3n) is 3.69. The number of H-pyrrole nitrogens is 1. The number of carbonyl (C=O) groups excluding carboxylic acids is 1. The van der Waals surface area contributed by atoms with Gasteiger partial charge in [-0.05, 0) is 25.8 Å². The second-order valence-corrected chi connectivity index (χ2v) is 5.19. The Balaban J connectivity index is 2.18. The van der Waals surface area contributed by atoms with Crippen LogP contribution in [0.25, 0.3) is 10.9 Å². The molecule has 1 fully saturated rings. The minimum atomic E-state index is 0.228. The van der Waals surface area contributed by atoms with Crippen LogP contribution >= 0.6 is 11.6 Å². The molecule has 88 valence electrons. The van der Waals surface area contributed by atoms with Gasteiger partial charge in [-0.2, -0.15) is 0 Å². The molecule has 1 saturated carbocycles. The Kier molecular flexibility index (Phi) is 2.48. The maximum atomic E-state index is 12.4. The molecule has 0 unspecified atom stereocenters. The van der Waals surface area contributed by atoms with Crippen molar-refractivity contribution in [2.75, 3.05) is 0 Å². The van der Waals surface area contributed by atoms with Crippen molar-refractivity contribution in [1.29, 1.82) is 0 Å². The highest BCUT2D eigenvalue weighted by molar-refractivity contribution is 6.35. The first kappa shape index (κ1) is 10.8. The fraction of sp³-hybridized carbons (Fsp3) is 0.357. The average Bonchev–Trinajstić information content (AvgIpc) is 2.53. The van der Waals surface area contributed by atoms with Crippen molar-refractivity contribution < 1.29 is 4.79 Å². The first-order valence-corrected chi connectivity index (χ1v) is 6.37. The zero-order chi connectivity index (χ0) is 12.0. The second-order valence-electron chi connectivity index (χ2n) is 4.78. The molecule has 1 aliphatic carbocycles. The van der Waals surface area contributed by atoms with E-state index in [1.54, 1.807) is 0 Å². The molecule has 1 aliphatic rings. The van der Waals surface area contributed by atoms with Crippen LogP contribution < -0.4 is 0 Å². The lowest BCUT2D eigenvalue weighted by Crippen LogP contribution is -2.22. The van der Waals surface area contributed by atoms with Crippen LogP contribution in [0.5, 0.6) is 0 Å². The summed E-state index contributed by atoms with van der Waals surface area (Å²) in [6.07, 6.45) is 3.25. The van der Waals surface area contributed by atoms with Gasteiger partial charge < -0.3 is 4.98 Å². The van der Waals surface area contributed by atoms with Crippen molar-refractivity contribution in [3.05, 3.63) is 34.5 Å². The summed E-state index contributed by atoms with van der Waals surface area (Å²) in [6.45, 7) is 1.95. The number of aryl methyl sites for hydroxylation is 1. The van der Waals surface area contributed by atoms with E-state index in [0.29, 0.717) is 5.02 Å². The number of carbonyl (C=O) groups is 1. The minimum absolute atomic E-state index is 0.228. The predicted molar refractivity (Wildman–Crippen MR) is 69.7 cm³/mol. The number of Topliss-reactive ketones (excluding diaryl/α,β-unsaturated/α-hetero) is 1. The molecule has 1 heterocycles. The number of fused-ring (bicyclic) bond motifs is 1. The highest BCUT2D eigenvalue weighted by Crippen LogP contribution is 2.35. The van der Waals surface area contributed by atoms with E-state index in [1.807, 2.05) is 25.1 Å². The number of halogens is 1. The van der Waals surface area contributed by atoms with Gasteiger partial charge in [-0.15, -0.1) is 0 Å². The number of ketones is 1. The molecular formula is C14H14ClNO. The number of aromatic nitrogens is 1. The van der Waals surface area contributed by atoms with Crippen LogP contribution in [0.1, 0.15) is 35.3 Å². The summed E-state index contributed by atoms with van der Waals surface area (Å²) in [5.74, 6) is 0.508. The van der Waals surface area contributed by atoms with Crippen molar-refractivity contribution in [1.82, 2.24) is 4.98 Å². The van der Waals surface area contributed by atoms with E-state index in [1.165, 1.54) is 6.42 Å². The van der Waals surface area contributed by atoms with Crippen LogP contribution in [0, 0.1) is 12.8 Å². The summed E-state index contributed by atoms with van der Waals surface area (Å²) in [4.78, 5) is 15.6. The zero-order valence-corrected chi connectivity index (χ0v) is 10.5.